The first-order valence-electron chi connectivity index (χ1n) is 5.26. The van der Waals surface area contributed by atoms with Gasteiger partial charge in [-0.3, -0.25) is 9.58 Å². The van der Waals surface area contributed by atoms with Crippen molar-refractivity contribution in [3.8, 4) is 0 Å². The Morgan fingerprint density at radius 1 is 1.53 bits per heavy atom. The van der Waals surface area contributed by atoms with E-state index in [-0.39, 0.29) is 13.2 Å². The second-order valence-corrected chi connectivity index (χ2v) is 4.01. The number of hydrogen-bond donors (Lipinski definition) is 2. The van der Waals surface area contributed by atoms with Gasteiger partial charge in [-0.2, -0.15) is 5.10 Å². The number of β-amino-alcohol motifs (C(OH)–C–C–N with tert-alkyl or cyclic N) is 1. The summed E-state index contributed by atoms with van der Waals surface area (Å²) in [6, 6.07) is 2.31. The largest absolute Gasteiger partial charge is 0.395 e. The lowest BCUT2D eigenvalue weighted by atomic mass is 10.2. The van der Waals surface area contributed by atoms with E-state index in [0.29, 0.717) is 12.6 Å². The summed E-state index contributed by atoms with van der Waals surface area (Å²) in [6.45, 7) is 4.63. The van der Waals surface area contributed by atoms with Crippen LogP contribution >= 0.6 is 0 Å². The Morgan fingerprint density at radius 3 is 3.00 bits per heavy atom. The topological polar surface area (TPSA) is 61.5 Å². The molecule has 0 fully saturated rings. The van der Waals surface area contributed by atoms with E-state index in [1.54, 1.807) is 0 Å². The van der Waals surface area contributed by atoms with Crippen LogP contribution in [0.2, 0.25) is 0 Å². The first-order valence-corrected chi connectivity index (χ1v) is 5.26. The van der Waals surface area contributed by atoms with Crippen LogP contribution in [0.1, 0.15) is 18.3 Å². The minimum atomic E-state index is -0.00557. The van der Waals surface area contributed by atoms with Crippen LogP contribution in [0.25, 0.3) is 0 Å². The Kier molecular flexibility index (Phi) is 3.04. The van der Waals surface area contributed by atoms with E-state index in [1.165, 1.54) is 0 Å². The van der Waals surface area contributed by atoms with Crippen LogP contribution in [0.3, 0.4) is 0 Å². The summed E-state index contributed by atoms with van der Waals surface area (Å²) in [5.41, 5.74) is 1.84. The molecule has 0 radical (unpaired) electrons. The highest BCUT2D eigenvalue weighted by Gasteiger charge is 2.23. The predicted molar refractivity (Wildman–Crippen MR) is 55.1 cm³/mol. The summed E-state index contributed by atoms with van der Waals surface area (Å²) >= 11 is 0. The average molecular weight is 211 g/mol. The molecule has 2 N–H and O–H groups in total. The lowest BCUT2D eigenvalue weighted by Gasteiger charge is -2.33. The molecular formula is C10H17N3O2. The van der Waals surface area contributed by atoms with Gasteiger partial charge in [0, 0.05) is 19.1 Å². The number of aromatic nitrogens is 2. The van der Waals surface area contributed by atoms with E-state index < -0.39 is 0 Å². The quantitative estimate of drug-likeness (QED) is 0.712. The Balaban J connectivity index is 2.16. The van der Waals surface area contributed by atoms with E-state index in [4.69, 9.17) is 10.2 Å². The van der Waals surface area contributed by atoms with Crippen molar-refractivity contribution in [1.29, 1.82) is 0 Å². The number of aliphatic hydroxyl groups is 2. The number of hydrogen-bond acceptors (Lipinski definition) is 4. The molecule has 0 spiro atoms. The monoisotopic (exact) mass is 211 g/mol. The smallest absolute Gasteiger partial charge is 0.0882 e. The summed E-state index contributed by atoms with van der Waals surface area (Å²) in [4.78, 5) is 2.22. The maximum absolute atomic E-state index is 8.99. The molecule has 0 saturated carbocycles. The Morgan fingerprint density at radius 2 is 2.33 bits per heavy atom. The molecule has 0 bridgehead atoms. The molecule has 0 saturated heterocycles. The molecule has 2 rings (SSSR count). The number of nitrogens with zero attached hydrogens (tertiary/aromatic N) is 3. The fourth-order valence-corrected chi connectivity index (χ4v) is 2.04. The van der Waals surface area contributed by atoms with E-state index in [0.717, 1.165) is 24.5 Å². The van der Waals surface area contributed by atoms with Crippen LogP contribution in [0.15, 0.2) is 6.07 Å². The van der Waals surface area contributed by atoms with Crippen LogP contribution in [0.5, 0.6) is 0 Å². The summed E-state index contributed by atoms with van der Waals surface area (Å²) in [6.07, 6.45) is 0. The van der Waals surface area contributed by atoms with Gasteiger partial charge in [-0.1, -0.05) is 0 Å². The zero-order valence-electron chi connectivity index (χ0n) is 8.93. The van der Waals surface area contributed by atoms with Gasteiger partial charge in [0.2, 0.25) is 0 Å². The number of rotatable bonds is 3. The van der Waals surface area contributed by atoms with Gasteiger partial charge in [-0.15, -0.1) is 0 Å². The van der Waals surface area contributed by atoms with Crippen molar-refractivity contribution < 1.29 is 10.2 Å². The van der Waals surface area contributed by atoms with Gasteiger partial charge in [0.15, 0.2) is 0 Å². The molecule has 0 aliphatic carbocycles. The highest BCUT2D eigenvalue weighted by Crippen LogP contribution is 2.17. The fourth-order valence-electron chi connectivity index (χ4n) is 2.04. The highest BCUT2D eigenvalue weighted by molar-refractivity contribution is 5.11. The molecule has 0 unspecified atom stereocenters. The Labute approximate surface area is 88.9 Å². The normalized spacial score (nSPS) is 21.7. The van der Waals surface area contributed by atoms with Crippen LogP contribution in [-0.4, -0.2) is 44.1 Å². The zero-order valence-corrected chi connectivity index (χ0v) is 8.93. The maximum Gasteiger partial charge on any atom is 0.0882 e. The minimum Gasteiger partial charge on any atom is -0.395 e. The van der Waals surface area contributed by atoms with Crippen molar-refractivity contribution in [1.82, 2.24) is 14.7 Å². The zero-order chi connectivity index (χ0) is 10.8. The van der Waals surface area contributed by atoms with Gasteiger partial charge < -0.3 is 10.2 Å². The van der Waals surface area contributed by atoms with Crippen molar-refractivity contribution in [2.75, 3.05) is 13.2 Å². The van der Waals surface area contributed by atoms with E-state index in [1.807, 2.05) is 10.7 Å². The molecule has 1 aromatic rings. The van der Waals surface area contributed by atoms with Crippen molar-refractivity contribution in [3.05, 3.63) is 17.5 Å². The molecule has 1 aromatic heterocycles. The van der Waals surface area contributed by atoms with Crippen LogP contribution < -0.4 is 0 Å². The van der Waals surface area contributed by atoms with Gasteiger partial charge in [0.25, 0.3) is 0 Å². The number of fused-ring (bicyclic) bond motifs is 1. The molecule has 1 atom stereocenters. The first kappa shape index (κ1) is 10.6. The van der Waals surface area contributed by atoms with Crippen molar-refractivity contribution >= 4 is 0 Å². The molecule has 5 heteroatoms. The fraction of sp³-hybridized carbons (Fsp3) is 0.700. The molecule has 0 amide bonds. The second-order valence-electron chi connectivity index (χ2n) is 4.01. The molecule has 15 heavy (non-hydrogen) atoms. The third-order valence-electron chi connectivity index (χ3n) is 2.89. The van der Waals surface area contributed by atoms with Gasteiger partial charge in [-0.05, 0) is 13.0 Å². The SMILES string of the molecule is C[C@H]1Cn2nc(CO)cc2CN1CCO. The summed E-state index contributed by atoms with van der Waals surface area (Å²) in [5, 5.41) is 22.2. The Bertz CT molecular complexity index is 337. The summed E-state index contributed by atoms with van der Waals surface area (Å²) in [5.74, 6) is 0. The van der Waals surface area contributed by atoms with Gasteiger partial charge in [0.05, 0.1) is 31.1 Å². The van der Waals surface area contributed by atoms with Crippen molar-refractivity contribution in [2.45, 2.75) is 32.7 Å². The lowest BCUT2D eigenvalue weighted by Crippen LogP contribution is -2.42. The third-order valence-corrected chi connectivity index (χ3v) is 2.89. The highest BCUT2D eigenvalue weighted by atomic mass is 16.3. The molecule has 2 heterocycles. The van der Waals surface area contributed by atoms with Crippen LogP contribution in [0, 0.1) is 0 Å². The molecule has 1 aliphatic rings. The summed E-state index contributed by atoms with van der Waals surface area (Å²) in [7, 11) is 0. The molecule has 84 valence electrons. The predicted octanol–water partition coefficient (Wildman–Crippen LogP) is -0.428. The van der Waals surface area contributed by atoms with Gasteiger partial charge >= 0.3 is 0 Å². The Hall–Kier alpha value is -0.910. The maximum atomic E-state index is 8.99. The standard InChI is InChI=1S/C10H17N3O2/c1-8-5-13-10(4-9(7-15)11-13)6-12(8)2-3-14/h4,8,14-15H,2-3,5-7H2,1H3/t8-/m0/s1. The molecule has 0 aromatic carbocycles. The van der Waals surface area contributed by atoms with E-state index in [2.05, 4.69) is 16.9 Å². The minimum absolute atomic E-state index is 0.00557. The third kappa shape index (κ3) is 2.04. The van der Waals surface area contributed by atoms with Gasteiger partial charge in [0.1, 0.15) is 0 Å². The van der Waals surface area contributed by atoms with Gasteiger partial charge in [-0.25, -0.2) is 0 Å². The second kappa shape index (κ2) is 4.30. The van der Waals surface area contributed by atoms with Crippen molar-refractivity contribution in [3.63, 3.8) is 0 Å². The average Bonchev–Trinajstić information content (AvgIpc) is 2.61. The van der Waals surface area contributed by atoms with Crippen LogP contribution in [0.4, 0.5) is 0 Å². The first-order chi connectivity index (χ1) is 7.24. The molecular weight excluding hydrogens is 194 g/mol. The lowest BCUT2D eigenvalue weighted by molar-refractivity contribution is 0.114. The molecule has 5 nitrogen and oxygen atoms in total. The van der Waals surface area contributed by atoms with Crippen molar-refractivity contribution in [2.24, 2.45) is 0 Å². The molecule has 1 aliphatic heterocycles. The van der Waals surface area contributed by atoms with E-state index >= 15 is 0 Å². The summed E-state index contributed by atoms with van der Waals surface area (Å²) < 4.78 is 1.95. The number of aliphatic hydroxyl groups excluding tert-OH is 2. The van der Waals surface area contributed by atoms with Crippen LogP contribution in [-0.2, 0) is 19.7 Å². The van der Waals surface area contributed by atoms with E-state index in [9.17, 15) is 0 Å².